The van der Waals surface area contributed by atoms with Gasteiger partial charge in [-0.1, -0.05) is 0 Å². The molecule has 9 heteroatoms. The third-order valence-corrected chi connectivity index (χ3v) is 3.42. The Morgan fingerprint density at radius 3 is 2.36 bits per heavy atom. The smallest absolute Gasteiger partial charge is 0.410 e. The summed E-state index contributed by atoms with van der Waals surface area (Å²) < 4.78 is 24.3. The van der Waals surface area contributed by atoms with E-state index in [1.54, 1.807) is 20.8 Å². The van der Waals surface area contributed by atoms with Crippen LogP contribution in [0.15, 0.2) is 24.3 Å². The summed E-state index contributed by atoms with van der Waals surface area (Å²) in [6.45, 7) is 4.74. The average molecular weight is 354 g/mol. The Labute approximate surface area is 143 Å². The SMILES string of the molecule is CC(C)(C)OC(=O)N1CC(OC(=O)c2ccc([N+](=O)[O-])cc2)[C@H](F)C1. The fourth-order valence-corrected chi connectivity index (χ4v) is 2.25. The lowest BCUT2D eigenvalue weighted by atomic mass is 10.2. The predicted octanol–water partition coefficient (Wildman–Crippen LogP) is 2.71. The quantitative estimate of drug-likeness (QED) is 0.470. The molecule has 0 aliphatic carbocycles. The van der Waals surface area contributed by atoms with E-state index in [2.05, 4.69) is 0 Å². The molecule has 0 saturated carbocycles. The van der Waals surface area contributed by atoms with Crippen LogP contribution in [0.4, 0.5) is 14.9 Å². The van der Waals surface area contributed by atoms with Crippen LogP contribution in [0.5, 0.6) is 0 Å². The maximum absolute atomic E-state index is 14.1. The van der Waals surface area contributed by atoms with Crippen LogP contribution in [0, 0.1) is 10.1 Å². The molecular formula is C16H19FN2O6. The van der Waals surface area contributed by atoms with E-state index < -0.39 is 34.9 Å². The standard InChI is InChI=1S/C16H19FN2O6/c1-16(2,3)25-15(21)18-8-12(17)13(9-18)24-14(20)10-4-6-11(7-5-10)19(22)23/h4-7,12-13H,8-9H2,1-3H3/t12-,13?/m1/s1. The van der Waals surface area contributed by atoms with E-state index in [0.717, 1.165) is 17.0 Å². The van der Waals surface area contributed by atoms with Gasteiger partial charge in [0.25, 0.3) is 5.69 Å². The number of carbonyl (C=O) groups excluding carboxylic acids is 2. The number of hydrogen-bond donors (Lipinski definition) is 0. The van der Waals surface area contributed by atoms with Crippen molar-refractivity contribution in [2.24, 2.45) is 0 Å². The van der Waals surface area contributed by atoms with Crippen molar-refractivity contribution in [2.45, 2.75) is 38.6 Å². The van der Waals surface area contributed by atoms with Gasteiger partial charge in [-0.05, 0) is 32.9 Å². The first-order chi connectivity index (χ1) is 11.6. The zero-order chi connectivity index (χ0) is 18.8. The molecule has 1 aromatic carbocycles. The van der Waals surface area contributed by atoms with Crippen molar-refractivity contribution in [3.8, 4) is 0 Å². The topological polar surface area (TPSA) is 99.0 Å². The fourth-order valence-electron chi connectivity index (χ4n) is 2.25. The predicted molar refractivity (Wildman–Crippen MR) is 85.0 cm³/mol. The number of nitrogens with zero attached hydrogens (tertiary/aromatic N) is 2. The third kappa shape index (κ3) is 4.88. The lowest BCUT2D eigenvalue weighted by molar-refractivity contribution is -0.384. The Bertz CT molecular complexity index is 670. The zero-order valence-electron chi connectivity index (χ0n) is 14.1. The monoisotopic (exact) mass is 354 g/mol. The highest BCUT2D eigenvalue weighted by atomic mass is 19.1. The molecule has 1 saturated heterocycles. The largest absolute Gasteiger partial charge is 0.454 e. The van der Waals surface area contributed by atoms with Gasteiger partial charge in [0.2, 0.25) is 0 Å². The summed E-state index contributed by atoms with van der Waals surface area (Å²) in [5.41, 5.74) is -0.818. The van der Waals surface area contributed by atoms with Crippen LogP contribution in [0.1, 0.15) is 31.1 Å². The Hall–Kier alpha value is -2.71. The number of non-ortho nitro benzene ring substituents is 1. The number of alkyl halides is 1. The Morgan fingerprint density at radius 1 is 1.24 bits per heavy atom. The number of hydrogen-bond acceptors (Lipinski definition) is 6. The lowest BCUT2D eigenvalue weighted by Gasteiger charge is -2.24. The maximum Gasteiger partial charge on any atom is 0.410 e. The van der Waals surface area contributed by atoms with E-state index in [-0.39, 0.29) is 24.3 Å². The van der Waals surface area contributed by atoms with Crippen LogP contribution in [0.25, 0.3) is 0 Å². The fraction of sp³-hybridized carbons (Fsp3) is 0.500. The van der Waals surface area contributed by atoms with Gasteiger partial charge < -0.3 is 14.4 Å². The summed E-state index contributed by atoms with van der Waals surface area (Å²) in [7, 11) is 0. The minimum absolute atomic E-state index is 0.0634. The summed E-state index contributed by atoms with van der Waals surface area (Å²) in [5, 5.41) is 10.6. The number of likely N-dealkylation sites (tertiary alicyclic amines) is 1. The van der Waals surface area contributed by atoms with Gasteiger partial charge in [0.15, 0.2) is 12.3 Å². The van der Waals surface area contributed by atoms with Crippen molar-refractivity contribution in [1.29, 1.82) is 0 Å². The summed E-state index contributed by atoms with van der Waals surface area (Å²) in [5.74, 6) is -0.811. The van der Waals surface area contributed by atoms with E-state index in [0.29, 0.717) is 0 Å². The normalized spacial score (nSPS) is 20.2. The number of nitro groups is 1. The molecule has 1 amide bonds. The van der Waals surface area contributed by atoms with Crippen LogP contribution in [-0.4, -0.2) is 52.9 Å². The van der Waals surface area contributed by atoms with Gasteiger partial charge in [0.1, 0.15) is 5.60 Å². The average Bonchev–Trinajstić information content (AvgIpc) is 2.87. The second kappa shape index (κ2) is 7.04. The molecule has 1 aliphatic rings. The van der Waals surface area contributed by atoms with Gasteiger partial charge in [-0.3, -0.25) is 10.1 Å². The van der Waals surface area contributed by atoms with Gasteiger partial charge >= 0.3 is 12.1 Å². The van der Waals surface area contributed by atoms with Gasteiger partial charge in [-0.25, -0.2) is 14.0 Å². The van der Waals surface area contributed by atoms with Crippen LogP contribution < -0.4 is 0 Å². The molecule has 1 aliphatic heterocycles. The molecule has 8 nitrogen and oxygen atoms in total. The second-order valence-electron chi connectivity index (χ2n) is 6.65. The lowest BCUT2D eigenvalue weighted by Crippen LogP contribution is -2.36. The molecule has 136 valence electrons. The summed E-state index contributed by atoms with van der Waals surface area (Å²) >= 11 is 0. The number of nitro benzene ring substituents is 1. The Kier molecular flexibility index (Phi) is 5.24. The van der Waals surface area contributed by atoms with Gasteiger partial charge in [-0.15, -0.1) is 0 Å². The molecule has 2 atom stereocenters. The van der Waals surface area contributed by atoms with Crippen LogP contribution in [-0.2, 0) is 9.47 Å². The Morgan fingerprint density at radius 2 is 1.84 bits per heavy atom. The number of benzene rings is 1. The number of halogens is 1. The molecule has 25 heavy (non-hydrogen) atoms. The third-order valence-electron chi connectivity index (χ3n) is 3.42. The molecule has 0 radical (unpaired) electrons. The van der Waals surface area contributed by atoms with Crippen molar-refractivity contribution >= 4 is 17.7 Å². The van der Waals surface area contributed by atoms with Crippen LogP contribution in [0.2, 0.25) is 0 Å². The minimum atomic E-state index is -1.53. The molecule has 0 spiro atoms. The summed E-state index contributed by atoms with van der Waals surface area (Å²) in [6.07, 6.45) is -3.33. The van der Waals surface area contributed by atoms with Crippen molar-refractivity contribution in [2.75, 3.05) is 13.1 Å². The molecule has 1 fully saturated rings. The number of esters is 1. The van der Waals surface area contributed by atoms with E-state index in [4.69, 9.17) is 9.47 Å². The highest BCUT2D eigenvalue weighted by Crippen LogP contribution is 2.21. The molecular weight excluding hydrogens is 335 g/mol. The maximum atomic E-state index is 14.1. The van der Waals surface area contributed by atoms with Crippen molar-refractivity contribution < 1.29 is 28.4 Å². The van der Waals surface area contributed by atoms with Gasteiger partial charge in [0, 0.05) is 12.1 Å². The summed E-state index contributed by atoms with van der Waals surface area (Å²) in [4.78, 5) is 35.1. The van der Waals surface area contributed by atoms with E-state index in [1.165, 1.54) is 12.1 Å². The summed E-state index contributed by atoms with van der Waals surface area (Å²) in [6, 6.07) is 4.78. The Balaban J connectivity index is 1.97. The van der Waals surface area contributed by atoms with E-state index in [1.807, 2.05) is 0 Å². The molecule has 0 aromatic heterocycles. The number of amides is 1. The highest BCUT2D eigenvalue weighted by Gasteiger charge is 2.39. The van der Waals surface area contributed by atoms with Crippen molar-refractivity contribution in [1.82, 2.24) is 4.90 Å². The molecule has 2 rings (SSSR count). The molecule has 1 aromatic rings. The van der Waals surface area contributed by atoms with Crippen LogP contribution in [0.3, 0.4) is 0 Å². The van der Waals surface area contributed by atoms with E-state index >= 15 is 0 Å². The number of ether oxygens (including phenoxy) is 2. The first-order valence-electron chi connectivity index (χ1n) is 7.64. The van der Waals surface area contributed by atoms with Gasteiger partial charge in [-0.2, -0.15) is 0 Å². The van der Waals surface area contributed by atoms with Crippen molar-refractivity contribution in [3.63, 3.8) is 0 Å². The first kappa shape index (κ1) is 18.6. The molecule has 1 unspecified atom stereocenters. The number of rotatable bonds is 3. The number of carbonyl (C=O) groups is 2. The first-order valence-corrected chi connectivity index (χ1v) is 7.64. The zero-order valence-corrected chi connectivity index (χ0v) is 14.1. The highest BCUT2D eigenvalue weighted by molar-refractivity contribution is 5.89. The second-order valence-corrected chi connectivity index (χ2v) is 6.65. The molecule has 0 bridgehead atoms. The minimum Gasteiger partial charge on any atom is -0.454 e. The molecule has 1 heterocycles. The van der Waals surface area contributed by atoms with Crippen LogP contribution >= 0.6 is 0 Å². The van der Waals surface area contributed by atoms with Gasteiger partial charge in [0.05, 0.1) is 23.6 Å². The van der Waals surface area contributed by atoms with Crippen molar-refractivity contribution in [3.05, 3.63) is 39.9 Å². The van der Waals surface area contributed by atoms with E-state index in [9.17, 15) is 24.1 Å². The molecule has 0 N–H and O–H groups in total.